The van der Waals surface area contributed by atoms with Crippen molar-refractivity contribution in [3.63, 3.8) is 0 Å². The van der Waals surface area contributed by atoms with Crippen LogP contribution in [-0.2, 0) is 4.74 Å². The molecule has 1 rings (SSSR count). The molecule has 0 atom stereocenters. The Hall–Kier alpha value is -0.940. The molecule has 0 unspecified atom stereocenters. The molecule has 1 heterocycles. The molecule has 0 radical (unpaired) electrons. The van der Waals surface area contributed by atoms with E-state index in [-0.39, 0.29) is 0 Å². The van der Waals surface area contributed by atoms with E-state index in [4.69, 9.17) is 0 Å². The van der Waals surface area contributed by atoms with E-state index >= 15 is 0 Å². The fourth-order valence-electron chi connectivity index (χ4n) is 0.395. The molecular formula is C3H2F3NO2. The van der Waals surface area contributed by atoms with Crippen LogP contribution in [0.5, 0.6) is 0 Å². The summed E-state index contributed by atoms with van der Waals surface area (Å²) in [4.78, 5) is 9.84. The Labute approximate surface area is 47.9 Å². The van der Waals surface area contributed by atoms with Gasteiger partial charge in [-0.1, -0.05) is 9.60 Å². The molecule has 0 aromatic rings. The van der Waals surface area contributed by atoms with Crippen molar-refractivity contribution >= 4 is 6.09 Å². The molecule has 1 amide bonds. The molecule has 3 nitrogen and oxygen atoms in total. The SMILES string of the molecule is O=C1OCC(F)(F)N1F. The van der Waals surface area contributed by atoms with Crippen molar-refractivity contribution in [2.24, 2.45) is 0 Å². The first-order chi connectivity index (χ1) is 4.04. The van der Waals surface area contributed by atoms with Crippen LogP contribution in [0.1, 0.15) is 0 Å². The molecule has 52 valence electrons. The molecule has 0 spiro atoms. The summed E-state index contributed by atoms with van der Waals surface area (Å²) < 4.78 is 38.9. The van der Waals surface area contributed by atoms with Gasteiger partial charge < -0.3 is 4.74 Å². The van der Waals surface area contributed by atoms with Gasteiger partial charge in [0, 0.05) is 0 Å². The van der Waals surface area contributed by atoms with Crippen LogP contribution in [0.2, 0.25) is 0 Å². The molecule has 1 fully saturated rings. The first-order valence-corrected chi connectivity index (χ1v) is 2.04. The van der Waals surface area contributed by atoms with Crippen molar-refractivity contribution in [2.45, 2.75) is 6.05 Å². The van der Waals surface area contributed by atoms with E-state index in [9.17, 15) is 18.1 Å². The predicted octanol–water partition coefficient (Wildman–Crippen LogP) is 0.916. The predicted molar refractivity (Wildman–Crippen MR) is 19.2 cm³/mol. The van der Waals surface area contributed by atoms with Crippen LogP contribution < -0.4 is 0 Å². The average Bonchev–Trinajstić information content (AvgIpc) is 1.97. The zero-order valence-electron chi connectivity index (χ0n) is 4.10. The zero-order chi connectivity index (χ0) is 7.07. The molecule has 6 heteroatoms. The van der Waals surface area contributed by atoms with Crippen molar-refractivity contribution in [1.29, 1.82) is 0 Å². The highest BCUT2D eigenvalue weighted by Crippen LogP contribution is 2.27. The van der Waals surface area contributed by atoms with Gasteiger partial charge in [0.25, 0.3) is 0 Å². The number of alkyl halides is 2. The number of carbonyl (C=O) groups is 1. The summed E-state index contributed by atoms with van der Waals surface area (Å²) in [6, 6.07) is -3.78. The van der Waals surface area contributed by atoms with Gasteiger partial charge in [0.2, 0.25) is 0 Å². The van der Waals surface area contributed by atoms with E-state index in [1.54, 1.807) is 0 Å². The number of hydrogen-bond acceptors (Lipinski definition) is 2. The highest BCUT2D eigenvalue weighted by molar-refractivity contribution is 5.68. The highest BCUT2D eigenvalue weighted by atomic mass is 19.3. The summed E-state index contributed by atoms with van der Waals surface area (Å²) >= 11 is 0. The molecule has 1 aliphatic heterocycles. The molecule has 1 aliphatic rings. The lowest BCUT2D eigenvalue weighted by Gasteiger charge is -2.07. The lowest BCUT2D eigenvalue weighted by Crippen LogP contribution is -2.32. The number of amides is 1. The second kappa shape index (κ2) is 1.52. The van der Waals surface area contributed by atoms with Crippen molar-refractivity contribution in [2.75, 3.05) is 6.61 Å². The Morgan fingerprint density at radius 1 is 1.67 bits per heavy atom. The van der Waals surface area contributed by atoms with Gasteiger partial charge in [-0.3, -0.25) is 0 Å². The Kier molecular flexibility index (Phi) is 1.04. The summed E-state index contributed by atoms with van der Waals surface area (Å²) in [6.45, 7) is -1.21. The first kappa shape index (κ1) is 6.18. The smallest absolute Gasteiger partial charge is 0.439 e. The number of halogens is 3. The second-order valence-corrected chi connectivity index (χ2v) is 1.50. The number of nitrogens with zero attached hydrogens (tertiary/aromatic N) is 1. The van der Waals surface area contributed by atoms with Gasteiger partial charge in [-0.15, -0.1) is 0 Å². The molecule has 0 saturated carbocycles. The van der Waals surface area contributed by atoms with Crippen LogP contribution in [-0.4, -0.2) is 23.9 Å². The van der Waals surface area contributed by atoms with Gasteiger partial charge in [-0.25, -0.2) is 4.79 Å². The van der Waals surface area contributed by atoms with Crippen molar-refractivity contribution in [3.8, 4) is 0 Å². The maximum absolute atomic E-state index is 11.8. The number of hydrogen-bond donors (Lipinski definition) is 0. The molecule has 0 aliphatic carbocycles. The summed E-state index contributed by atoms with van der Waals surface area (Å²) in [5, 5.41) is -1.23. The maximum Gasteiger partial charge on any atom is 0.443 e. The number of ether oxygens (including phenoxy) is 1. The topological polar surface area (TPSA) is 29.5 Å². The van der Waals surface area contributed by atoms with Gasteiger partial charge in [0.15, 0.2) is 6.61 Å². The molecule has 9 heavy (non-hydrogen) atoms. The van der Waals surface area contributed by atoms with E-state index in [2.05, 4.69) is 4.74 Å². The maximum atomic E-state index is 11.8. The van der Waals surface area contributed by atoms with E-state index in [1.165, 1.54) is 0 Å². The molecule has 0 N–H and O–H groups in total. The van der Waals surface area contributed by atoms with Crippen LogP contribution in [0.25, 0.3) is 0 Å². The highest BCUT2D eigenvalue weighted by Gasteiger charge is 2.50. The summed E-state index contributed by atoms with van der Waals surface area (Å²) in [5.41, 5.74) is 0. The molecule has 1 saturated heterocycles. The van der Waals surface area contributed by atoms with Gasteiger partial charge in [-0.05, 0) is 0 Å². The fraction of sp³-hybridized carbons (Fsp3) is 0.667. The molecule has 0 aromatic carbocycles. The Morgan fingerprint density at radius 3 is 2.33 bits per heavy atom. The second-order valence-electron chi connectivity index (χ2n) is 1.50. The van der Waals surface area contributed by atoms with Crippen molar-refractivity contribution in [1.82, 2.24) is 5.12 Å². The first-order valence-electron chi connectivity index (χ1n) is 2.04. The van der Waals surface area contributed by atoms with E-state index < -0.39 is 23.9 Å². The fourth-order valence-corrected chi connectivity index (χ4v) is 0.395. The van der Waals surface area contributed by atoms with E-state index in [0.717, 1.165) is 0 Å². The summed E-state index contributed by atoms with van der Waals surface area (Å²) in [7, 11) is 0. The number of carbonyl (C=O) groups excluding carboxylic acids is 1. The van der Waals surface area contributed by atoms with Gasteiger partial charge in [0.1, 0.15) is 0 Å². The third kappa shape index (κ3) is 0.797. The third-order valence-electron chi connectivity index (χ3n) is 0.817. The quantitative estimate of drug-likeness (QED) is 0.370. The average molecular weight is 141 g/mol. The van der Waals surface area contributed by atoms with Crippen LogP contribution in [0, 0.1) is 0 Å². The Morgan fingerprint density at radius 2 is 2.22 bits per heavy atom. The minimum atomic E-state index is -3.78. The van der Waals surface area contributed by atoms with Crippen LogP contribution in [0.4, 0.5) is 18.1 Å². The van der Waals surface area contributed by atoms with Crippen LogP contribution in [0.15, 0.2) is 0 Å². The minimum absolute atomic E-state index is 1.21. The molecule has 0 aromatic heterocycles. The largest absolute Gasteiger partial charge is 0.443 e. The van der Waals surface area contributed by atoms with E-state index in [1.807, 2.05) is 0 Å². The lowest BCUT2D eigenvalue weighted by molar-refractivity contribution is -0.177. The van der Waals surface area contributed by atoms with Gasteiger partial charge in [0.05, 0.1) is 0 Å². The monoisotopic (exact) mass is 141 g/mol. The van der Waals surface area contributed by atoms with Crippen molar-refractivity contribution in [3.05, 3.63) is 0 Å². The summed E-state index contributed by atoms with van der Waals surface area (Å²) in [6.07, 6.45) is -1.64. The Bertz CT molecular complexity index is 148. The number of cyclic esters (lactones) is 1. The normalized spacial score (nSPS) is 24.3. The Balaban J connectivity index is 2.73. The lowest BCUT2D eigenvalue weighted by atomic mass is 10.6. The standard InChI is InChI=1S/C3H2F3NO2/c4-3(5)1-9-2(8)7(3)6/h1H2. The summed E-state index contributed by atoms with van der Waals surface area (Å²) in [5.74, 6) is 0. The molecule has 0 bridgehead atoms. The van der Waals surface area contributed by atoms with E-state index in [0.29, 0.717) is 0 Å². The zero-order valence-corrected chi connectivity index (χ0v) is 4.10. The third-order valence-corrected chi connectivity index (χ3v) is 0.817. The van der Waals surface area contributed by atoms with Crippen LogP contribution >= 0.6 is 0 Å². The van der Waals surface area contributed by atoms with Gasteiger partial charge in [-0.2, -0.15) is 8.78 Å². The minimum Gasteiger partial charge on any atom is -0.439 e. The van der Waals surface area contributed by atoms with Gasteiger partial charge >= 0.3 is 12.1 Å². The van der Waals surface area contributed by atoms with Crippen LogP contribution in [0.3, 0.4) is 0 Å². The molecular weight excluding hydrogens is 139 g/mol. The van der Waals surface area contributed by atoms with Crippen molar-refractivity contribution < 1.29 is 22.8 Å². The number of rotatable bonds is 0.